The Morgan fingerprint density at radius 3 is 2.34 bits per heavy atom. The molecule has 2 N–H and O–H groups in total. The number of ether oxygens (including phenoxy) is 1. The van der Waals surface area contributed by atoms with Crippen molar-refractivity contribution in [1.82, 2.24) is 5.32 Å². The number of hydrogen-bond donors (Lipinski definition) is 2. The van der Waals surface area contributed by atoms with Crippen LogP contribution >= 0.6 is 0 Å². The van der Waals surface area contributed by atoms with Crippen molar-refractivity contribution in [3.8, 4) is 0 Å². The van der Waals surface area contributed by atoms with E-state index in [-0.39, 0.29) is 35.1 Å². The first-order valence-electron chi connectivity index (χ1n) is 11.0. The zero-order valence-electron chi connectivity index (χ0n) is 18.8. The van der Waals surface area contributed by atoms with Crippen molar-refractivity contribution in [2.75, 3.05) is 0 Å². The first-order valence-corrected chi connectivity index (χ1v) is 11.0. The van der Waals surface area contributed by atoms with Gasteiger partial charge in [-0.2, -0.15) is 0 Å². The van der Waals surface area contributed by atoms with Gasteiger partial charge in [0.15, 0.2) is 0 Å². The molecule has 164 valence electrons. The molecule has 0 radical (unpaired) electrons. The molecule has 6 heteroatoms. The van der Waals surface area contributed by atoms with E-state index in [0.29, 0.717) is 12.3 Å². The lowest BCUT2D eigenvalue weighted by Gasteiger charge is -2.58. The van der Waals surface area contributed by atoms with Gasteiger partial charge in [0.1, 0.15) is 0 Å². The number of nitrogens with one attached hydrogen (secondary N) is 1. The van der Waals surface area contributed by atoms with Gasteiger partial charge in [-0.15, -0.1) is 0 Å². The van der Waals surface area contributed by atoms with Crippen molar-refractivity contribution in [3.63, 3.8) is 0 Å². The molecule has 2 aliphatic carbocycles. The quantitative estimate of drug-likeness (QED) is 0.526. The monoisotopic (exact) mass is 405 g/mol. The highest BCUT2D eigenvalue weighted by molar-refractivity contribution is 5.48. The molecule has 1 heterocycles. The Morgan fingerprint density at radius 2 is 1.76 bits per heavy atom. The number of aliphatic hydroxyl groups is 1. The van der Waals surface area contributed by atoms with Crippen LogP contribution in [0, 0.1) is 17.8 Å². The molecular formula is C23H39N3O3. The predicted molar refractivity (Wildman–Crippen MR) is 117 cm³/mol. The van der Waals surface area contributed by atoms with Crippen molar-refractivity contribution < 1.29 is 14.6 Å². The third-order valence-electron chi connectivity index (χ3n) is 8.55. The van der Waals surface area contributed by atoms with Crippen LogP contribution in [0.3, 0.4) is 0 Å². The molecular weight excluding hydrogens is 366 g/mol. The summed E-state index contributed by atoms with van der Waals surface area (Å²) < 4.78 is 6.71. The van der Waals surface area contributed by atoms with Gasteiger partial charge in [0.05, 0.1) is 34.4 Å². The predicted octanol–water partition coefficient (Wildman–Crippen LogP) is 3.16. The fourth-order valence-electron chi connectivity index (χ4n) is 6.59. The topological polar surface area (TPSA) is 83.3 Å². The molecule has 2 saturated carbocycles. The summed E-state index contributed by atoms with van der Waals surface area (Å²) in [6, 6.07) is -0.242. The summed E-state index contributed by atoms with van der Waals surface area (Å²) >= 11 is 0. The highest BCUT2D eigenvalue weighted by atomic mass is 16.5. The zero-order chi connectivity index (χ0) is 21.7. The number of carbonyl (C=O) groups excluding carboxylic acids is 1. The summed E-state index contributed by atoms with van der Waals surface area (Å²) in [5.41, 5.74) is -1.81. The number of nitrogens with zero attached hydrogens (tertiary/aromatic N) is 2. The molecule has 8 atom stereocenters. The molecule has 29 heavy (non-hydrogen) atoms. The van der Waals surface area contributed by atoms with E-state index in [1.54, 1.807) is 0 Å². The van der Waals surface area contributed by atoms with Crippen LogP contribution in [0.25, 0.3) is 0 Å². The maximum absolute atomic E-state index is 11.1. The fourth-order valence-corrected chi connectivity index (χ4v) is 6.59. The van der Waals surface area contributed by atoms with Crippen LogP contribution in [0.4, 0.5) is 0 Å². The molecule has 3 aliphatic rings. The molecule has 3 rings (SSSR count). The van der Waals surface area contributed by atoms with Gasteiger partial charge in [-0.05, 0) is 104 Å². The molecule has 0 aromatic heterocycles. The second-order valence-electron chi connectivity index (χ2n) is 10.8. The molecule has 1 aliphatic heterocycles. The van der Waals surface area contributed by atoms with Gasteiger partial charge in [-0.3, -0.25) is 14.8 Å². The Labute approximate surface area is 175 Å². The van der Waals surface area contributed by atoms with Crippen LogP contribution in [0.1, 0.15) is 73.1 Å². The molecule has 0 aromatic carbocycles. The van der Waals surface area contributed by atoms with E-state index in [9.17, 15) is 9.90 Å². The lowest BCUT2D eigenvalue weighted by Crippen LogP contribution is -2.62. The molecule has 1 saturated heterocycles. The van der Waals surface area contributed by atoms with Crippen molar-refractivity contribution in [3.05, 3.63) is 0 Å². The zero-order valence-corrected chi connectivity index (χ0v) is 18.8. The maximum atomic E-state index is 11.1. The molecule has 8 unspecified atom stereocenters. The lowest BCUT2D eigenvalue weighted by molar-refractivity contribution is -0.159. The van der Waals surface area contributed by atoms with E-state index in [4.69, 9.17) is 4.74 Å². The van der Waals surface area contributed by atoms with Gasteiger partial charge >= 0.3 is 0 Å². The van der Waals surface area contributed by atoms with E-state index in [1.165, 1.54) is 0 Å². The highest BCUT2D eigenvalue weighted by Gasteiger charge is 2.61. The minimum absolute atomic E-state index is 0.0405. The number of rotatable bonds is 6. The van der Waals surface area contributed by atoms with E-state index < -0.39 is 11.1 Å². The van der Waals surface area contributed by atoms with Gasteiger partial charge in [-0.1, -0.05) is 0 Å². The van der Waals surface area contributed by atoms with E-state index in [2.05, 4.69) is 42.6 Å². The first kappa shape index (κ1) is 22.4. The Morgan fingerprint density at radius 1 is 1.10 bits per heavy atom. The van der Waals surface area contributed by atoms with Crippen molar-refractivity contribution >= 4 is 19.8 Å². The van der Waals surface area contributed by atoms with Crippen LogP contribution in [0.15, 0.2) is 9.98 Å². The Kier molecular flexibility index (Phi) is 5.76. The van der Waals surface area contributed by atoms with Gasteiger partial charge in [0, 0.05) is 0 Å². The maximum Gasteiger partial charge on any atom is 0.207 e. The molecule has 3 fully saturated rings. The third kappa shape index (κ3) is 3.67. The van der Waals surface area contributed by atoms with Crippen molar-refractivity contribution in [2.45, 2.75) is 108 Å². The number of hydrogen-bond acceptors (Lipinski definition) is 5. The summed E-state index contributed by atoms with van der Waals surface area (Å²) in [6.07, 6.45) is 6.09. The first-order chi connectivity index (χ1) is 13.4. The second kappa shape index (κ2) is 7.45. The highest BCUT2D eigenvalue weighted by Crippen LogP contribution is 2.58. The van der Waals surface area contributed by atoms with Crippen LogP contribution < -0.4 is 5.32 Å². The summed E-state index contributed by atoms with van der Waals surface area (Å²) in [6.45, 7) is 18.1. The van der Waals surface area contributed by atoms with E-state index in [0.717, 1.165) is 38.5 Å². The second-order valence-corrected chi connectivity index (χ2v) is 10.8. The van der Waals surface area contributed by atoms with Crippen molar-refractivity contribution in [2.24, 2.45) is 27.7 Å². The van der Waals surface area contributed by atoms with E-state index >= 15 is 0 Å². The van der Waals surface area contributed by atoms with Crippen LogP contribution in [0.5, 0.6) is 0 Å². The fraction of sp³-hybridized carbons (Fsp3) is 0.870. The van der Waals surface area contributed by atoms with Crippen molar-refractivity contribution in [1.29, 1.82) is 0 Å². The van der Waals surface area contributed by atoms with Crippen LogP contribution in [-0.4, -0.2) is 59.4 Å². The summed E-state index contributed by atoms with van der Waals surface area (Å²) in [7, 11) is 0. The average molecular weight is 406 g/mol. The van der Waals surface area contributed by atoms with Gasteiger partial charge < -0.3 is 15.2 Å². The number of fused-ring (bicyclic) bond motifs is 1. The van der Waals surface area contributed by atoms with Gasteiger partial charge in [0.2, 0.25) is 6.41 Å². The summed E-state index contributed by atoms with van der Waals surface area (Å²) in [4.78, 5) is 20.1. The standard InChI is InChI=1S/C23H39N3O3/c1-20(2,26-14-27)17-10-13-23(5,29-17)16-8-11-21(3,25-7)15-9-12-22(4,28)19(24-6)18(15)16/h14-19,28H,6-13H2,1-5H3,(H,26,27). The van der Waals surface area contributed by atoms with Gasteiger partial charge in [0.25, 0.3) is 0 Å². The minimum Gasteiger partial charge on any atom is -0.388 e. The Hall–Kier alpha value is -1.27. The Bertz CT molecular complexity index is 664. The lowest BCUT2D eigenvalue weighted by atomic mass is 9.51. The number of amides is 1. The minimum atomic E-state index is -0.868. The van der Waals surface area contributed by atoms with Crippen LogP contribution in [0.2, 0.25) is 0 Å². The average Bonchev–Trinajstić information content (AvgIpc) is 3.05. The summed E-state index contributed by atoms with van der Waals surface area (Å²) in [5, 5.41) is 14.1. The molecule has 0 spiro atoms. The molecule has 0 aromatic rings. The summed E-state index contributed by atoms with van der Waals surface area (Å²) in [5.74, 6) is 0.697. The van der Waals surface area contributed by atoms with Crippen LogP contribution in [-0.2, 0) is 9.53 Å². The Balaban J connectivity index is 1.95. The smallest absolute Gasteiger partial charge is 0.207 e. The largest absolute Gasteiger partial charge is 0.388 e. The van der Waals surface area contributed by atoms with E-state index in [1.807, 2.05) is 20.8 Å². The molecule has 1 amide bonds. The normalized spacial score (nSPS) is 47.9. The molecule has 6 nitrogen and oxygen atoms in total. The number of carbonyl (C=O) groups is 1. The molecule has 0 bridgehead atoms. The van der Waals surface area contributed by atoms with Gasteiger partial charge in [-0.25, -0.2) is 0 Å². The SMILES string of the molecule is C=NC1C2C(CCC1(C)O)C(C)(N=C)CCC2C1(C)CCC(C(C)(C)NC=O)O1. The third-order valence-corrected chi connectivity index (χ3v) is 8.55. The number of aliphatic imine (C=N–C) groups is 2.